The van der Waals surface area contributed by atoms with E-state index in [9.17, 15) is 0 Å². The zero-order chi connectivity index (χ0) is 23.7. The van der Waals surface area contributed by atoms with Gasteiger partial charge in [-0.15, -0.1) is 0 Å². The smallest absolute Gasteiger partial charge is 0.229 e. The summed E-state index contributed by atoms with van der Waals surface area (Å²) in [6.45, 7) is 9.02. The first-order valence-electron chi connectivity index (χ1n) is 11.8. The largest absolute Gasteiger partial charge is 0.496 e. The zero-order valence-corrected chi connectivity index (χ0v) is 20.0. The molecular formula is C25H32N6O3. The average Bonchev–Trinajstić information content (AvgIpc) is 2.87. The number of nitrogens with two attached hydrogens (primary N) is 1. The van der Waals surface area contributed by atoms with Crippen LogP contribution in [0.25, 0.3) is 22.3 Å². The van der Waals surface area contributed by atoms with Gasteiger partial charge >= 0.3 is 0 Å². The van der Waals surface area contributed by atoms with Crippen LogP contribution in [0, 0.1) is 0 Å². The summed E-state index contributed by atoms with van der Waals surface area (Å²) in [6.07, 6.45) is 0.228. The van der Waals surface area contributed by atoms with Crippen LogP contribution in [0.2, 0.25) is 0 Å². The van der Waals surface area contributed by atoms with Gasteiger partial charge in [0.2, 0.25) is 5.95 Å². The average molecular weight is 465 g/mol. The summed E-state index contributed by atoms with van der Waals surface area (Å²) in [5, 5.41) is 0.941. The first-order chi connectivity index (χ1) is 16.6. The van der Waals surface area contributed by atoms with E-state index in [4.69, 9.17) is 34.9 Å². The third-order valence-corrected chi connectivity index (χ3v) is 6.34. The molecule has 5 rings (SSSR count). The lowest BCUT2D eigenvalue weighted by Gasteiger charge is -2.36. The van der Waals surface area contributed by atoms with Crippen molar-refractivity contribution in [3.05, 3.63) is 35.9 Å². The highest BCUT2D eigenvalue weighted by Gasteiger charge is 2.26. The lowest BCUT2D eigenvalue weighted by Crippen LogP contribution is -2.46. The third-order valence-electron chi connectivity index (χ3n) is 6.34. The van der Waals surface area contributed by atoms with Gasteiger partial charge in [0.15, 0.2) is 5.65 Å². The summed E-state index contributed by atoms with van der Waals surface area (Å²) < 4.78 is 16.9. The number of pyridine rings is 1. The number of rotatable bonds is 5. The Bertz CT molecular complexity index is 1160. The molecular weight excluding hydrogens is 432 g/mol. The second-order valence-corrected chi connectivity index (χ2v) is 8.91. The van der Waals surface area contributed by atoms with Crippen molar-refractivity contribution in [1.82, 2.24) is 15.0 Å². The van der Waals surface area contributed by atoms with E-state index in [0.717, 1.165) is 60.0 Å². The number of ether oxygens (including phenoxy) is 3. The van der Waals surface area contributed by atoms with Gasteiger partial charge in [-0.25, -0.2) is 4.98 Å². The molecule has 180 valence electrons. The molecule has 2 aromatic heterocycles. The second kappa shape index (κ2) is 9.69. The van der Waals surface area contributed by atoms with Crippen molar-refractivity contribution in [2.75, 3.05) is 56.3 Å². The van der Waals surface area contributed by atoms with Gasteiger partial charge in [0, 0.05) is 43.9 Å². The summed E-state index contributed by atoms with van der Waals surface area (Å²) in [5.41, 5.74) is 9.38. The molecule has 2 saturated heterocycles. The molecule has 0 radical (unpaired) electrons. The van der Waals surface area contributed by atoms with Crippen LogP contribution < -0.4 is 20.3 Å². The number of hydrogen-bond donors (Lipinski definition) is 1. The predicted octanol–water partition coefficient (Wildman–Crippen LogP) is 2.61. The van der Waals surface area contributed by atoms with Crippen molar-refractivity contribution >= 4 is 22.8 Å². The van der Waals surface area contributed by atoms with Crippen molar-refractivity contribution in [3.8, 4) is 17.0 Å². The zero-order valence-electron chi connectivity index (χ0n) is 20.0. The van der Waals surface area contributed by atoms with Crippen LogP contribution in [0.5, 0.6) is 5.75 Å². The number of benzene rings is 1. The summed E-state index contributed by atoms with van der Waals surface area (Å²) in [6, 6.07) is 10.1. The fourth-order valence-electron chi connectivity index (χ4n) is 4.74. The van der Waals surface area contributed by atoms with Gasteiger partial charge in [-0.1, -0.05) is 0 Å². The number of hydrogen-bond acceptors (Lipinski definition) is 9. The topological polar surface area (TPSA) is 98.9 Å². The van der Waals surface area contributed by atoms with E-state index >= 15 is 0 Å². The summed E-state index contributed by atoms with van der Waals surface area (Å²) in [7, 11) is 1.65. The Morgan fingerprint density at radius 1 is 1.00 bits per heavy atom. The van der Waals surface area contributed by atoms with Gasteiger partial charge in [0.05, 0.1) is 43.6 Å². The molecule has 0 spiro atoms. The van der Waals surface area contributed by atoms with Crippen LogP contribution in [0.4, 0.5) is 11.8 Å². The Hall–Kier alpha value is -3.01. The van der Waals surface area contributed by atoms with E-state index in [-0.39, 0.29) is 12.2 Å². The fraction of sp³-hybridized carbons (Fsp3) is 0.480. The number of aromatic nitrogens is 3. The van der Waals surface area contributed by atoms with Gasteiger partial charge < -0.3 is 29.7 Å². The number of nitrogens with zero attached hydrogens (tertiary/aromatic N) is 5. The molecule has 1 aromatic carbocycles. The highest BCUT2D eigenvalue weighted by Crippen LogP contribution is 2.31. The molecule has 9 nitrogen and oxygen atoms in total. The minimum atomic E-state index is 0.114. The molecule has 4 heterocycles. The normalized spacial score (nSPS) is 21.2. The number of morpholine rings is 2. The molecule has 0 unspecified atom stereocenters. The van der Waals surface area contributed by atoms with Crippen molar-refractivity contribution in [3.63, 3.8) is 0 Å². The van der Waals surface area contributed by atoms with Crippen LogP contribution in [-0.4, -0.2) is 73.7 Å². The van der Waals surface area contributed by atoms with Gasteiger partial charge in [0.25, 0.3) is 0 Å². The van der Waals surface area contributed by atoms with E-state index < -0.39 is 0 Å². The molecule has 2 N–H and O–H groups in total. The Kier molecular flexibility index (Phi) is 6.49. The van der Waals surface area contributed by atoms with Crippen molar-refractivity contribution in [2.24, 2.45) is 5.73 Å². The quantitative estimate of drug-likeness (QED) is 0.611. The Labute approximate surface area is 199 Å². The first-order valence-corrected chi connectivity index (χ1v) is 11.8. The summed E-state index contributed by atoms with van der Waals surface area (Å²) >= 11 is 0. The molecule has 34 heavy (non-hydrogen) atoms. The van der Waals surface area contributed by atoms with E-state index in [1.165, 1.54) is 0 Å². The third kappa shape index (κ3) is 4.51. The molecule has 2 aliphatic rings. The summed E-state index contributed by atoms with van der Waals surface area (Å²) in [4.78, 5) is 19.4. The number of anilines is 2. The Morgan fingerprint density at radius 3 is 2.47 bits per heavy atom. The maximum Gasteiger partial charge on any atom is 0.229 e. The van der Waals surface area contributed by atoms with Crippen LogP contribution in [0.15, 0.2) is 30.3 Å². The van der Waals surface area contributed by atoms with Crippen LogP contribution in [0.1, 0.15) is 19.4 Å². The molecule has 0 aliphatic carbocycles. The van der Waals surface area contributed by atoms with Gasteiger partial charge in [0.1, 0.15) is 11.6 Å². The van der Waals surface area contributed by atoms with Gasteiger partial charge in [-0.3, -0.25) is 0 Å². The fourth-order valence-corrected chi connectivity index (χ4v) is 4.74. The monoisotopic (exact) mass is 464 g/mol. The minimum Gasteiger partial charge on any atom is -0.496 e. The molecule has 3 aromatic rings. The second-order valence-electron chi connectivity index (χ2n) is 8.91. The maximum atomic E-state index is 5.94. The highest BCUT2D eigenvalue weighted by atomic mass is 16.5. The Balaban J connectivity index is 1.61. The first kappa shape index (κ1) is 22.8. The van der Waals surface area contributed by atoms with Crippen molar-refractivity contribution in [1.29, 1.82) is 0 Å². The number of fused-ring (bicyclic) bond motifs is 1. The molecule has 0 amide bonds. The van der Waals surface area contributed by atoms with Crippen LogP contribution in [-0.2, 0) is 16.0 Å². The van der Waals surface area contributed by atoms with Crippen LogP contribution >= 0.6 is 0 Å². The molecule has 9 heteroatoms. The van der Waals surface area contributed by atoms with E-state index in [1.807, 2.05) is 24.3 Å². The van der Waals surface area contributed by atoms with Gasteiger partial charge in [-0.2, -0.15) is 9.97 Å². The van der Waals surface area contributed by atoms with Crippen molar-refractivity contribution in [2.45, 2.75) is 32.6 Å². The molecule has 2 fully saturated rings. The lowest BCUT2D eigenvalue weighted by atomic mass is 10.1. The predicted molar refractivity (Wildman–Crippen MR) is 132 cm³/mol. The lowest BCUT2D eigenvalue weighted by molar-refractivity contribution is -0.00570. The minimum absolute atomic E-state index is 0.114. The van der Waals surface area contributed by atoms with E-state index in [2.05, 4.69) is 29.7 Å². The van der Waals surface area contributed by atoms with E-state index in [0.29, 0.717) is 31.4 Å². The number of methoxy groups -OCH3 is 1. The maximum absolute atomic E-state index is 5.94. The molecule has 0 saturated carbocycles. The summed E-state index contributed by atoms with van der Waals surface area (Å²) in [5.74, 6) is 2.38. The van der Waals surface area contributed by atoms with Gasteiger partial charge in [-0.05, 0) is 44.2 Å². The SMILES string of the molecule is COc1ccc(-c2ccc3c(N4CCOCC4)nc(N4C[C@@H](C)O[C@@H](C)C4)nc3n2)cc1CN. The highest BCUT2D eigenvalue weighted by molar-refractivity contribution is 5.90. The standard InChI is InChI=1S/C25H32N6O3/c1-16-14-31(15-17(2)34-16)25-28-23-20(24(29-25)30-8-10-33-11-9-30)5-6-21(27-23)18-4-7-22(32-3)19(12-18)13-26/h4-7,12,16-17H,8-11,13-15,26H2,1-3H3/t16-,17+. The molecule has 2 aliphatic heterocycles. The van der Waals surface area contributed by atoms with E-state index in [1.54, 1.807) is 7.11 Å². The van der Waals surface area contributed by atoms with Crippen LogP contribution in [0.3, 0.4) is 0 Å². The van der Waals surface area contributed by atoms with Crippen molar-refractivity contribution < 1.29 is 14.2 Å². The molecule has 0 bridgehead atoms. The molecule has 2 atom stereocenters. The Morgan fingerprint density at radius 2 is 1.76 bits per heavy atom.